The van der Waals surface area contributed by atoms with E-state index in [0.717, 1.165) is 31.4 Å². The Hall–Kier alpha value is -1.87. The van der Waals surface area contributed by atoms with Crippen LogP contribution in [-0.2, 0) is 13.1 Å². The minimum atomic E-state index is 0. The lowest BCUT2D eigenvalue weighted by Gasteiger charge is -2.15. The summed E-state index contributed by atoms with van der Waals surface area (Å²) in [6.07, 6.45) is 3.85. The van der Waals surface area contributed by atoms with Gasteiger partial charge in [0.2, 0.25) is 0 Å². The van der Waals surface area contributed by atoms with Gasteiger partial charge in [-0.15, -0.1) is 24.0 Å². The fraction of sp³-hybridized carbons (Fsp3) is 0.333. The number of thiophene rings is 1. The molecule has 0 bridgehead atoms. The zero-order valence-electron chi connectivity index (χ0n) is 16.3. The van der Waals surface area contributed by atoms with Gasteiger partial charge in [-0.05, 0) is 40.8 Å². The van der Waals surface area contributed by atoms with E-state index in [1.807, 2.05) is 18.5 Å². The minimum absolute atomic E-state index is 0. The van der Waals surface area contributed by atoms with E-state index < -0.39 is 0 Å². The Bertz CT molecular complexity index is 830. The highest BCUT2D eigenvalue weighted by atomic mass is 127. The van der Waals surface area contributed by atoms with Crippen molar-refractivity contribution >= 4 is 41.3 Å². The third-order valence-electron chi connectivity index (χ3n) is 4.41. The molecular formula is C21H28IN5S. The van der Waals surface area contributed by atoms with Crippen LogP contribution in [-0.4, -0.2) is 28.6 Å². The molecule has 0 aliphatic rings. The Morgan fingerprint density at radius 3 is 2.75 bits per heavy atom. The van der Waals surface area contributed by atoms with Gasteiger partial charge < -0.3 is 15.2 Å². The van der Waals surface area contributed by atoms with Crippen LogP contribution in [0.15, 0.2) is 64.5 Å². The summed E-state index contributed by atoms with van der Waals surface area (Å²) in [4.78, 5) is 9.21. The quantitative estimate of drug-likeness (QED) is 0.268. The van der Waals surface area contributed by atoms with E-state index in [4.69, 9.17) is 4.99 Å². The molecule has 2 heterocycles. The van der Waals surface area contributed by atoms with E-state index in [9.17, 15) is 0 Å². The highest BCUT2D eigenvalue weighted by molar-refractivity contribution is 14.0. The average Bonchev–Trinajstić information content (AvgIpc) is 3.37. The number of guanidine groups is 1. The number of benzene rings is 1. The van der Waals surface area contributed by atoms with Crippen molar-refractivity contribution in [2.24, 2.45) is 4.99 Å². The van der Waals surface area contributed by atoms with Crippen LogP contribution in [0.3, 0.4) is 0 Å². The molecule has 0 aliphatic heterocycles. The van der Waals surface area contributed by atoms with Gasteiger partial charge in [0.25, 0.3) is 0 Å². The lowest BCUT2D eigenvalue weighted by Crippen LogP contribution is -2.39. The number of nitrogens with one attached hydrogen (secondary N) is 2. The van der Waals surface area contributed by atoms with Gasteiger partial charge in [0.15, 0.2) is 5.96 Å². The number of hydrogen-bond acceptors (Lipinski definition) is 3. The van der Waals surface area contributed by atoms with E-state index in [1.165, 1.54) is 11.1 Å². The Morgan fingerprint density at radius 2 is 2.04 bits per heavy atom. The molecule has 0 fully saturated rings. The molecule has 0 saturated carbocycles. The van der Waals surface area contributed by atoms with E-state index in [1.54, 1.807) is 11.3 Å². The molecule has 0 saturated heterocycles. The molecule has 1 aromatic carbocycles. The lowest BCUT2D eigenvalue weighted by atomic mass is 10.1. The molecule has 2 N–H and O–H groups in total. The minimum Gasteiger partial charge on any atom is -0.357 e. The maximum Gasteiger partial charge on any atom is 0.191 e. The smallest absolute Gasteiger partial charge is 0.191 e. The summed E-state index contributed by atoms with van der Waals surface area (Å²) in [6.45, 7) is 7.34. The number of nitrogens with zero attached hydrogens (tertiary/aromatic N) is 3. The first-order chi connectivity index (χ1) is 13.3. The van der Waals surface area contributed by atoms with Gasteiger partial charge in [0.05, 0.1) is 0 Å². The molecule has 0 amide bonds. The Morgan fingerprint density at radius 1 is 1.21 bits per heavy atom. The molecular weight excluding hydrogens is 481 g/mol. The van der Waals surface area contributed by atoms with Gasteiger partial charge in [0.1, 0.15) is 12.4 Å². The number of halogens is 1. The second-order valence-corrected chi connectivity index (χ2v) is 7.27. The van der Waals surface area contributed by atoms with E-state index >= 15 is 0 Å². The van der Waals surface area contributed by atoms with Crippen LogP contribution < -0.4 is 10.6 Å². The van der Waals surface area contributed by atoms with Crippen LogP contribution in [0.4, 0.5) is 0 Å². The van der Waals surface area contributed by atoms with Crippen molar-refractivity contribution in [1.82, 2.24) is 20.2 Å². The van der Waals surface area contributed by atoms with Gasteiger partial charge in [-0.2, -0.15) is 11.3 Å². The maximum atomic E-state index is 4.73. The summed E-state index contributed by atoms with van der Waals surface area (Å²) < 4.78 is 2.15. The van der Waals surface area contributed by atoms with Crippen LogP contribution in [0.1, 0.15) is 36.7 Å². The number of rotatable bonds is 8. The first kappa shape index (κ1) is 22.4. The number of aromatic nitrogens is 2. The summed E-state index contributed by atoms with van der Waals surface area (Å²) in [6, 6.07) is 12.6. The van der Waals surface area contributed by atoms with Crippen molar-refractivity contribution in [1.29, 1.82) is 0 Å². The molecule has 2 aromatic heterocycles. The zero-order chi connectivity index (χ0) is 18.9. The van der Waals surface area contributed by atoms with E-state index in [-0.39, 0.29) is 24.0 Å². The normalized spacial score (nSPS) is 12.3. The lowest BCUT2D eigenvalue weighted by molar-refractivity contribution is 0.691. The second-order valence-electron chi connectivity index (χ2n) is 6.49. The molecule has 150 valence electrons. The molecule has 3 aromatic rings. The molecule has 0 aliphatic carbocycles. The molecule has 0 spiro atoms. The van der Waals surface area contributed by atoms with Gasteiger partial charge in [0, 0.05) is 32.0 Å². The average molecular weight is 509 g/mol. The molecule has 7 heteroatoms. The third-order valence-corrected chi connectivity index (χ3v) is 5.11. The van der Waals surface area contributed by atoms with Crippen molar-refractivity contribution in [2.75, 3.05) is 13.1 Å². The first-order valence-corrected chi connectivity index (χ1v) is 10.3. The first-order valence-electron chi connectivity index (χ1n) is 9.34. The summed E-state index contributed by atoms with van der Waals surface area (Å²) in [7, 11) is 0. The Labute approximate surface area is 188 Å². The second kappa shape index (κ2) is 11.9. The molecule has 5 nitrogen and oxygen atoms in total. The zero-order valence-corrected chi connectivity index (χ0v) is 19.5. The fourth-order valence-corrected chi connectivity index (χ4v) is 3.61. The maximum absolute atomic E-state index is 4.73. The van der Waals surface area contributed by atoms with Crippen molar-refractivity contribution < 1.29 is 0 Å². The predicted octanol–water partition coefficient (Wildman–Crippen LogP) is 4.47. The number of hydrogen-bond donors (Lipinski definition) is 2. The largest absolute Gasteiger partial charge is 0.357 e. The number of aliphatic imine (C=N–C) groups is 1. The summed E-state index contributed by atoms with van der Waals surface area (Å²) in [5, 5.41) is 11.1. The molecule has 0 radical (unpaired) electrons. The molecule has 1 unspecified atom stereocenters. The van der Waals surface area contributed by atoms with Crippen molar-refractivity contribution in [3.05, 3.63) is 76.5 Å². The highest BCUT2D eigenvalue weighted by Gasteiger charge is 2.08. The van der Waals surface area contributed by atoms with Crippen LogP contribution in [0.5, 0.6) is 0 Å². The van der Waals surface area contributed by atoms with Crippen molar-refractivity contribution in [3.63, 3.8) is 0 Å². The molecule has 1 atom stereocenters. The topological polar surface area (TPSA) is 54.2 Å². The monoisotopic (exact) mass is 509 g/mol. The summed E-state index contributed by atoms with van der Waals surface area (Å²) >= 11 is 1.74. The van der Waals surface area contributed by atoms with Crippen LogP contribution in [0.25, 0.3) is 0 Å². The fourth-order valence-electron chi connectivity index (χ4n) is 2.83. The predicted molar refractivity (Wildman–Crippen MR) is 129 cm³/mol. The third kappa shape index (κ3) is 6.63. The van der Waals surface area contributed by atoms with Gasteiger partial charge in [-0.25, -0.2) is 9.98 Å². The van der Waals surface area contributed by atoms with Gasteiger partial charge in [-0.3, -0.25) is 0 Å². The van der Waals surface area contributed by atoms with Crippen molar-refractivity contribution in [2.45, 2.75) is 32.9 Å². The molecule has 28 heavy (non-hydrogen) atoms. The summed E-state index contributed by atoms with van der Waals surface area (Å²) in [5.41, 5.74) is 2.62. The van der Waals surface area contributed by atoms with E-state index in [2.05, 4.69) is 75.1 Å². The Kier molecular flexibility index (Phi) is 9.49. The Balaban J connectivity index is 0.00000280. The van der Waals surface area contributed by atoms with Crippen LogP contribution >= 0.6 is 35.3 Å². The highest BCUT2D eigenvalue weighted by Crippen LogP contribution is 2.17. The molecule has 3 rings (SSSR count). The number of imidazole rings is 1. The van der Waals surface area contributed by atoms with E-state index in [0.29, 0.717) is 12.5 Å². The van der Waals surface area contributed by atoms with Crippen LogP contribution in [0.2, 0.25) is 0 Å². The SMILES string of the molecule is CCNC(=NCc1nccn1Cc1ccccc1)NCC(C)c1ccsc1.I. The van der Waals surface area contributed by atoms with Crippen molar-refractivity contribution in [3.8, 4) is 0 Å². The standard InChI is InChI=1S/C21H27N5S.HI/c1-3-22-21(24-13-17(2)19-9-12-27-16-19)25-14-20-23-10-11-26(20)15-18-7-5-4-6-8-18;/h4-12,16-17H,3,13-15H2,1-2H3,(H2,22,24,25);1H. The summed E-state index contributed by atoms with van der Waals surface area (Å²) in [5.74, 6) is 2.23. The van der Waals surface area contributed by atoms with Crippen LogP contribution in [0, 0.1) is 0 Å². The van der Waals surface area contributed by atoms with Gasteiger partial charge in [-0.1, -0.05) is 37.3 Å². The van der Waals surface area contributed by atoms with Gasteiger partial charge >= 0.3 is 0 Å².